The van der Waals surface area contributed by atoms with Gasteiger partial charge < -0.3 is 9.80 Å². The minimum absolute atomic E-state index is 0.0745. The summed E-state index contributed by atoms with van der Waals surface area (Å²) in [5, 5.41) is 11.7. The van der Waals surface area contributed by atoms with Gasteiger partial charge in [-0.15, -0.1) is 0 Å². The Hall–Kier alpha value is -2.20. The number of nitrogens with zero attached hydrogens (tertiary/aromatic N) is 4. The van der Waals surface area contributed by atoms with Gasteiger partial charge in [-0.25, -0.2) is 8.42 Å². The van der Waals surface area contributed by atoms with Crippen LogP contribution in [0.15, 0.2) is 23.1 Å². The number of carbonyl (C=O) groups is 1. The summed E-state index contributed by atoms with van der Waals surface area (Å²) in [6.45, 7) is 1.39. The summed E-state index contributed by atoms with van der Waals surface area (Å²) < 4.78 is 26.8. The number of likely N-dealkylation sites (N-methyl/N-ethyl adjacent to an activating group) is 1. The number of sulfonamides is 1. The molecule has 0 N–H and O–H groups in total. The van der Waals surface area contributed by atoms with Gasteiger partial charge in [-0.3, -0.25) is 14.9 Å². The number of nitro benzene ring substituents is 1. The second-order valence-corrected chi connectivity index (χ2v) is 9.04. The van der Waals surface area contributed by atoms with Crippen molar-refractivity contribution in [1.29, 1.82) is 0 Å². The molecule has 0 bridgehead atoms. The van der Waals surface area contributed by atoms with Crippen LogP contribution in [0.25, 0.3) is 0 Å². The van der Waals surface area contributed by atoms with E-state index in [0.717, 1.165) is 25.3 Å². The lowest BCUT2D eigenvalue weighted by molar-refractivity contribution is -0.384. The van der Waals surface area contributed by atoms with Crippen LogP contribution >= 0.6 is 0 Å². The smallest absolute Gasteiger partial charge is 0.293 e. The van der Waals surface area contributed by atoms with Crippen LogP contribution < -0.4 is 4.90 Å². The first-order chi connectivity index (χ1) is 12.7. The lowest BCUT2D eigenvalue weighted by atomic mass is 10.1. The summed E-state index contributed by atoms with van der Waals surface area (Å²) in [4.78, 5) is 26.6. The molecule has 148 valence electrons. The van der Waals surface area contributed by atoms with Gasteiger partial charge in [0.2, 0.25) is 15.9 Å². The van der Waals surface area contributed by atoms with Gasteiger partial charge >= 0.3 is 0 Å². The Labute approximate surface area is 158 Å². The topological polar surface area (TPSA) is 104 Å². The fraction of sp³-hybridized carbons (Fsp3) is 0.588. The molecule has 9 nitrogen and oxygen atoms in total. The zero-order valence-corrected chi connectivity index (χ0v) is 16.3. The molecule has 0 aromatic heterocycles. The highest BCUT2D eigenvalue weighted by molar-refractivity contribution is 7.89. The predicted octanol–water partition coefficient (Wildman–Crippen LogP) is 1.44. The van der Waals surface area contributed by atoms with Crippen LogP contribution in [0.4, 0.5) is 11.4 Å². The van der Waals surface area contributed by atoms with Crippen LogP contribution in [0, 0.1) is 10.1 Å². The van der Waals surface area contributed by atoms with Crippen molar-refractivity contribution in [3.63, 3.8) is 0 Å². The fourth-order valence-corrected chi connectivity index (χ4v) is 5.28. The van der Waals surface area contributed by atoms with Crippen LogP contribution in [-0.2, 0) is 14.8 Å². The first-order valence-corrected chi connectivity index (χ1v) is 10.4. The van der Waals surface area contributed by atoms with Gasteiger partial charge in [0.05, 0.1) is 9.82 Å². The van der Waals surface area contributed by atoms with Crippen molar-refractivity contribution in [2.24, 2.45) is 0 Å². The Morgan fingerprint density at radius 2 is 1.85 bits per heavy atom. The standard InChI is InChI=1S/C17H24N4O5S/c1-18(2)17(22)15-6-5-11-20(15)14-8-7-13(12-16(14)21(23)24)27(25,26)19-9-3-4-10-19/h7-8,12,15H,3-6,9-11H2,1-2H3. The van der Waals surface area contributed by atoms with Crippen LogP contribution in [0.5, 0.6) is 0 Å². The molecular formula is C17H24N4O5S. The lowest BCUT2D eigenvalue weighted by Gasteiger charge is -2.28. The van der Waals surface area contributed by atoms with Gasteiger partial charge in [-0.2, -0.15) is 4.31 Å². The molecule has 0 radical (unpaired) electrons. The van der Waals surface area contributed by atoms with E-state index in [9.17, 15) is 23.3 Å². The Balaban J connectivity index is 2.00. The van der Waals surface area contributed by atoms with E-state index in [-0.39, 0.29) is 22.2 Å². The first-order valence-electron chi connectivity index (χ1n) is 9.00. The molecule has 3 rings (SSSR count). The maximum absolute atomic E-state index is 12.7. The average Bonchev–Trinajstić information content (AvgIpc) is 3.32. The van der Waals surface area contributed by atoms with Crippen molar-refractivity contribution < 1.29 is 18.1 Å². The van der Waals surface area contributed by atoms with Crippen LogP contribution in [0.3, 0.4) is 0 Å². The van der Waals surface area contributed by atoms with E-state index >= 15 is 0 Å². The molecule has 1 atom stereocenters. The highest BCUT2D eigenvalue weighted by Crippen LogP contribution is 2.36. The molecule has 2 fully saturated rings. The molecule has 1 unspecified atom stereocenters. The van der Waals surface area contributed by atoms with E-state index in [1.807, 2.05) is 0 Å². The number of anilines is 1. The SMILES string of the molecule is CN(C)C(=O)C1CCCN1c1ccc(S(=O)(=O)N2CCCC2)cc1[N+](=O)[O-]. The van der Waals surface area contributed by atoms with E-state index in [2.05, 4.69) is 0 Å². The molecule has 2 heterocycles. The molecule has 27 heavy (non-hydrogen) atoms. The minimum Gasteiger partial charge on any atom is -0.354 e. The molecule has 0 saturated carbocycles. The van der Waals surface area contributed by atoms with E-state index in [4.69, 9.17) is 0 Å². The molecule has 2 aliphatic rings. The quantitative estimate of drug-likeness (QED) is 0.551. The number of hydrogen-bond acceptors (Lipinski definition) is 6. The summed E-state index contributed by atoms with van der Waals surface area (Å²) in [6, 6.07) is 3.52. The first kappa shape index (κ1) is 19.6. The largest absolute Gasteiger partial charge is 0.354 e. The number of benzene rings is 1. The maximum Gasteiger partial charge on any atom is 0.293 e. The van der Waals surface area contributed by atoms with Gasteiger partial charge in [0.15, 0.2) is 0 Å². The normalized spacial score (nSPS) is 20.8. The van der Waals surface area contributed by atoms with Gasteiger partial charge in [-0.1, -0.05) is 0 Å². The Kier molecular flexibility index (Phi) is 5.38. The Morgan fingerprint density at radius 3 is 2.44 bits per heavy atom. The molecular weight excluding hydrogens is 372 g/mol. The molecule has 0 aliphatic carbocycles. The maximum atomic E-state index is 12.7. The van der Waals surface area contributed by atoms with Crippen molar-refractivity contribution in [2.75, 3.05) is 38.6 Å². The van der Waals surface area contributed by atoms with E-state index in [1.54, 1.807) is 19.0 Å². The van der Waals surface area contributed by atoms with E-state index in [0.29, 0.717) is 26.1 Å². The number of hydrogen-bond donors (Lipinski definition) is 0. The van der Waals surface area contributed by atoms with Crippen LogP contribution in [0.2, 0.25) is 0 Å². The fourth-order valence-electron chi connectivity index (χ4n) is 3.74. The summed E-state index contributed by atoms with van der Waals surface area (Å²) in [6.07, 6.45) is 2.94. The van der Waals surface area contributed by atoms with Crippen molar-refractivity contribution >= 4 is 27.3 Å². The monoisotopic (exact) mass is 396 g/mol. The Bertz CT molecular complexity index is 849. The second kappa shape index (κ2) is 7.43. The van der Waals surface area contributed by atoms with Gasteiger partial charge in [0.1, 0.15) is 11.7 Å². The molecule has 0 spiro atoms. The van der Waals surface area contributed by atoms with Gasteiger partial charge in [-0.05, 0) is 37.8 Å². The molecule has 10 heteroatoms. The minimum atomic E-state index is -3.74. The van der Waals surface area contributed by atoms with E-state index < -0.39 is 21.0 Å². The van der Waals surface area contributed by atoms with Crippen LogP contribution in [-0.4, -0.2) is 68.2 Å². The third-order valence-electron chi connectivity index (χ3n) is 5.13. The summed E-state index contributed by atoms with van der Waals surface area (Å²) in [5.41, 5.74) is 0.00630. The third kappa shape index (κ3) is 3.63. The number of carbonyl (C=O) groups excluding carboxylic acids is 1. The van der Waals surface area contributed by atoms with Gasteiger partial charge in [0, 0.05) is 39.8 Å². The molecule has 2 aliphatic heterocycles. The molecule has 2 saturated heterocycles. The van der Waals surface area contributed by atoms with Crippen molar-refractivity contribution in [2.45, 2.75) is 36.6 Å². The number of nitro groups is 1. The van der Waals surface area contributed by atoms with E-state index in [1.165, 1.54) is 21.3 Å². The highest BCUT2D eigenvalue weighted by atomic mass is 32.2. The summed E-state index contributed by atoms with van der Waals surface area (Å²) in [5.74, 6) is -0.115. The number of rotatable bonds is 5. The van der Waals surface area contributed by atoms with Gasteiger partial charge in [0.25, 0.3) is 5.69 Å². The Morgan fingerprint density at radius 1 is 1.19 bits per heavy atom. The third-order valence-corrected chi connectivity index (χ3v) is 7.03. The summed E-state index contributed by atoms with van der Waals surface area (Å²) >= 11 is 0. The summed E-state index contributed by atoms with van der Waals surface area (Å²) in [7, 11) is -0.440. The molecule has 1 aromatic rings. The molecule has 1 aromatic carbocycles. The average molecular weight is 396 g/mol. The second-order valence-electron chi connectivity index (χ2n) is 7.10. The van der Waals surface area contributed by atoms with Crippen molar-refractivity contribution in [3.8, 4) is 0 Å². The number of amides is 1. The lowest BCUT2D eigenvalue weighted by Crippen LogP contribution is -2.43. The molecule has 1 amide bonds. The predicted molar refractivity (Wildman–Crippen MR) is 100 cm³/mol. The zero-order chi connectivity index (χ0) is 19.8. The zero-order valence-electron chi connectivity index (χ0n) is 15.5. The van der Waals surface area contributed by atoms with Crippen LogP contribution in [0.1, 0.15) is 25.7 Å². The van der Waals surface area contributed by atoms with Crippen molar-refractivity contribution in [1.82, 2.24) is 9.21 Å². The highest BCUT2D eigenvalue weighted by Gasteiger charge is 2.36. The van der Waals surface area contributed by atoms with Crippen molar-refractivity contribution in [3.05, 3.63) is 28.3 Å².